The van der Waals surface area contributed by atoms with Crippen molar-refractivity contribution in [3.05, 3.63) is 46.8 Å². The van der Waals surface area contributed by atoms with Crippen molar-refractivity contribution < 1.29 is 12.9 Å². The molecule has 0 radical (unpaired) electrons. The SMILES string of the molecule is Cc1ccc(C(NS(=O)(=O)c2c(C)noc2C)C2CC2)cc1. The molecule has 3 rings (SSSR count). The van der Waals surface area contributed by atoms with E-state index < -0.39 is 10.0 Å². The van der Waals surface area contributed by atoms with Crippen LogP contribution in [0.5, 0.6) is 0 Å². The lowest BCUT2D eigenvalue weighted by Gasteiger charge is -2.19. The molecule has 1 heterocycles. The number of nitrogens with zero attached hydrogens (tertiary/aromatic N) is 1. The van der Waals surface area contributed by atoms with Crippen molar-refractivity contribution in [2.45, 2.75) is 44.6 Å². The quantitative estimate of drug-likeness (QED) is 0.919. The monoisotopic (exact) mass is 320 g/mol. The normalized spacial score (nSPS) is 16.7. The van der Waals surface area contributed by atoms with Crippen molar-refractivity contribution in [3.8, 4) is 0 Å². The number of aromatic nitrogens is 1. The third-order valence-electron chi connectivity index (χ3n) is 4.05. The van der Waals surface area contributed by atoms with Gasteiger partial charge in [-0.15, -0.1) is 0 Å². The Morgan fingerprint density at radius 2 is 1.82 bits per heavy atom. The van der Waals surface area contributed by atoms with Gasteiger partial charge in [0.2, 0.25) is 10.0 Å². The first-order chi connectivity index (χ1) is 10.4. The number of benzene rings is 1. The molecule has 6 heteroatoms. The molecule has 0 bridgehead atoms. The standard InChI is InChI=1S/C16H20N2O3S/c1-10-4-6-13(7-5-10)15(14-8-9-14)18-22(19,20)16-11(2)17-21-12(16)3/h4-7,14-15,18H,8-9H2,1-3H3. The highest BCUT2D eigenvalue weighted by molar-refractivity contribution is 7.89. The molecule has 0 aliphatic heterocycles. The summed E-state index contributed by atoms with van der Waals surface area (Å²) in [6, 6.07) is 7.81. The Hall–Kier alpha value is -1.66. The Bertz CT molecular complexity index is 755. The molecule has 5 nitrogen and oxygen atoms in total. The van der Waals surface area contributed by atoms with E-state index in [1.807, 2.05) is 31.2 Å². The van der Waals surface area contributed by atoms with E-state index in [1.165, 1.54) is 0 Å². The van der Waals surface area contributed by atoms with Gasteiger partial charge in [0, 0.05) is 6.04 Å². The van der Waals surface area contributed by atoms with E-state index in [1.54, 1.807) is 13.8 Å². The predicted molar refractivity (Wildman–Crippen MR) is 82.9 cm³/mol. The third-order valence-corrected chi connectivity index (χ3v) is 5.73. The topological polar surface area (TPSA) is 72.2 Å². The van der Waals surface area contributed by atoms with Crippen LogP contribution in [0.1, 0.15) is 41.5 Å². The van der Waals surface area contributed by atoms with Gasteiger partial charge in [-0.25, -0.2) is 13.1 Å². The maximum atomic E-state index is 12.7. The first-order valence-corrected chi connectivity index (χ1v) is 8.88. The molecule has 0 amide bonds. The van der Waals surface area contributed by atoms with Crippen molar-refractivity contribution in [1.29, 1.82) is 0 Å². The van der Waals surface area contributed by atoms with E-state index in [0.717, 1.165) is 24.0 Å². The van der Waals surface area contributed by atoms with Crippen molar-refractivity contribution in [3.63, 3.8) is 0 Å². The fourth-order valence-electron chi connectivity index (χ4n) is 2.72. The molecule has 0 saturated heterocycles. The molecule has 1 saturated carbocycles. The summed E-state index contributed by atoms with van der Waals surface area (Å²) in [7, 11) is -3.65. The summed E-state index contributed by atoms with van der Waals surface area (Å²) in [5.74, 6) is 0.682. The second kappa shape index (κ2) is 5.52. The molecule has 1 aromatic carbocycles. The van der Waals surface area contributed by atoms with Crippen molar-refractivity contribution >= 4 is 10.0 Å². The maximum Gasteiger partial charge on any atom is 0.246 e. The lowest BCUT2D eigenvalue weighted by atomic mass is 10.0. The number of rotatable bonds is 5. The van der Waals surface area contributed by atoms with Crippen LogP contribution < -0.4 is 4.72 Å². The zero-order valence-electron chi connectivity index (χ0n) is 13.0. The molecule has 0 spiro atoms. The van der Waals surface area contributed by atoms with Crippen LogP contribution in [0.3, 0.4) is 0 Å². The van der Waals surface area contributed by atoms with E-state index >= 15 is 0 Å². The van der Waals surface area contributed by atoms with Gasteiger partial charge in [0.15, 0.2) is 5.76 Å². The molecule has 1 aromatic heterocycles. The Kier molecular flexibility index (Phi) is 3.82. The van der Waals surface area contributed by atoms with Crippen LogP contribution in [-0.2, 0) is 10.0 Å². The molecule has 22 heavy (non-hydrogen) atoms. The van der Waals surface area contributed by atoms with E-state index in [2.05, 4.69) is 9.88 Å². The van der Waals surface area contributed by atoms with E-state index in [-0.39, 0.29) is 10.9 Å². The van der Waals surface area contributed by atoms with Crippen molar-refractivity contribution in [2.75, 3.05) is 0 Å². The van der Waals surface area contributed by atoms with Gasteiger partial charge in [-0.05, 0) is 45.1 Å². The lowest BCUT2D eigenvalue weighted by Crippen LogP contribution is -2.30. The maximum absolute atomic E-state index is 12.7. The highest BCUT2D eigenvalue weighted by atomic mass is 32.2. The van der Waals surface area contributed by atoms with Gasteiger partial charge in [-0.2, -0.15) is 0 Å². The summed E-state index contributed by atoms with van der Waals surface area (Å²) < 4.78 is 33.3. The fraction of sp³-hybridized carbons (Fsp3) is 0.438. The van der Waals surface area contributed by atoms with Crippen molar-refractivity contribution in [1.82, 2.24) is 9.88 Å². The summed E-state index contributed by atoms with van der Waals surface area (Å²) in [5.41, 5.74) is 2.55. The second-order valence-corrected chi connectivity index (χ2v) is 7.65. The Morgan fingerprint density at radius 3 is 2.32 bits per heavy atom. The zero-order valence-corrected chi connectivity index (χ0v) is 13.8. The van der Waals surface area contributed by atoms with Gasteiger partial charge in [0.25, 0.3) is 0 Å². The number of hydrogen-bond donors (Lipinski definition) is 1. The highest BCUT2D eigenvalue weighted by Crippen LogP contribution is 2.42. The molecule has 2 aromatic rings. The minimum absolute atomic E-state index is 0.158. The summed E-state index contributed by atoms with van der Waals surface area (Å²) in [6.07, 6.45) is 2.09. The van der Waals surface area contributed by atoms with Crippen LogP contribution in [0, 0.1) is 26.7 Å². The van der Waals surface area contributed by atoms with Crippen LogP contribution in [0.2, 0.25) is 0 Å². The molecule has 1 N–H and O–H groups in total. The molecule has 118 valence electrons. The summed E-state index contributed by atoms with van der Waals surface area (Å²) in [4.78, 5) is 0.158. The van der Waals surface area contributed by atoms with E-state index in [0.29, 0.717) is 17.4 Å². The smallest absolute Gasteiger partial charge is 0.246 e. The van der Waals surface area contributed by atoms with Crippen LogP contribution in [0.15, 0.2) is 33.7 Å². The second-order valence-electron chi connectivity index (χ2n) is 6.00. The molecule has 1 fully saturated rings. The average Bonchev–Trinajstić information content (AvgIpc) is 3.23. The first-order valence-electron chi connectivity index (χ1n) is 7.40. The molecular weight excluding hydrogens is 300 g/mol. The molecular formula is C16H20N2O3S. The summed E-state index contributed by atoms with van der Waals surface area (Å²) in [5, 5.41) is 3.74. The van der Waals surface area contributed by atoms with Crippen LogP contribution in [0.4, 0.5) is 0 Å². The van der Waals surface area contributed by atoms with Gasteiger partial charge in [-0.3, -0.25) is 0 Å². The zero-order chi connectivity index (χ0) is 15.9. The number of hydrogen-bond acceptors (Lipinski definition) is 4. The van der Waals surface area contributed by atoms with Gasteiger partial charge in [-0.1, -0.05) is 35.0 Å². The van der Waals surface area contributed by atoms with Crippen LogP contribution in [-0.4, -0.2) is 13.6 Å². The Morgan fingerprint density at radius 1 is 1.18 bits per heavy atom. The fourth-order valence-corrected chi connectivity index (χ4v) is 4.35. The number of aryl methyl sites for hydroxylation is 3. The minimum Gasteiger partial charge on any atom is -0.360 e. The van der Waals surface area contributed by atoms with E-state index in [9.17, 15) is 8.42 Å². The van der Waals surface area contributed by atoms with Crippen molar-refractivity contribution in [2.24, 2.45) is 5.92 Å². The van der Waals surface area contributed by atoms with Gasteiger partial charge < -0.3 is 4.52 Å². The largest absolute Gasteiger partial charge is 0.360 e. The first kappa shape index (κ1) is 15.2. The molecule has 1 unspecified atom stereocenters. The van der Waals surface area contributed by atoms with Gasteiger partial charge in [0.1, 0.15) is 10.6 Å². The lowest BCUT2D eigenvalue weighted by molar-refractivity contribution is 0.390. The molecule has 1 aliphatic rings. The Labute approximate surface area is 130 Å². The van der Waals surface area contributed by atoms with Crippen LogP contribution >= 0.6 is 0 Å². The predicted octanol–water partition coefficient (Wildman–Crippen LogP) is 3.03. The van der Waals surface area contributed by atoms with Gasteiger partial charge >= 0.3 is 0 Å². The number of sulfonamides is 1. The van der Waals surface area contributed by atoms with Gasteiger partial charge in [0.05, 0.1) is 0 Å². The van der Waals surface area contributed by atoms with Crippen LogP contribution in [0.25, 0.3) is 0 Å². The average molecular weight is 320 g/mol. The molecule has 1 atom stereocenters. The Balaban J connectivity index is 1.93. The summed E-state index contributed by atoms with van der Waals surface area (Å²) >= 11 is 0. The highest BCUT2D eigenvalue weighted by Gasteiger charge is 2.37. The third kappa shape index (κ3) is 2.94. The minimum atomic E-state index is -3.65. The molecule has 1 aliphatic carbocycles. The summed E-state index contributed by atoms with van der Waals surface area (Å²) in [6.45, 7) is 5.28. The number of nitrogens with one attached hydrogen (secondary N) is 1. The van der Waals surface area contributed by atoms with E-state index in [4.69, 9.17) is 4.52 Å².